The third kappa shape index (κ3) is 8.37. The molecule has 0 aliphatic carbocycles. The van der Waals surface area contributed by atoms with Gasteiger partial charge in [0.15, 0.2) is 0 Å². The maximum absolute atomic E-state index is 12.4. The van der Waals surface area contributed by atoms with Crippen molar-refractivity contribution in [2.45, 2.75) is 32.1 Å². The highest BCUT2D eigenvalue weighted by atomic mass is 16.1. The van der Waals surface area contributed by atoms with Crippen LogP contribution in [0.15, 0.2) is 18.2 Å². The second-order valence-electron chi connectivity index (χ2n) is 5.58. The molecule has 0 heterocycles. The summed E-state index contributed by atoms with van der Waals surface area (Å²) >= 11 is 0. The molecule has 1 rings (SSSR count). The van der Waals surface area contributed by atoms with E-state index in [1.165, 1.54) is 0 Å². The lowest BCUT2D eigenvalue weighted by atomic mass is 10.0. The van der Waals surface area contributed by atoms with E-state index in [0.29, 0.717) is 17.7 Å². The van der Waals surface area contributed by atoms with Crippen molar-refractivity contribution < 1.29 is 4.79 Å². The quantitative estimate of drug-likeness (QED) is 0.417. The molecule has 0 aliphatic rings. The fraction of sp³-hybridized carbons (Fsp3) is 0.450. The van der Waals surface area contributed by atoms with Crippen LogP contribution >= 0.6 is 0 Å². The van der Waals surface area contributed by atoms with Crippen molar-refractivity contribution in [3.8, 4) is 23.7 Å². The zero-order valence-corrected chi connectivity index (χ0v) is 14.7. The van der Waals surface area contributed by atoms with Gasteiger partial charge in [-0.05, 0) is 37.6 Å². The second kappa shape index (κ2) is 13.0. The molecule has 0 unspecified atom stereocenters. The molecule has 5 nitrogen and oxygen atoms in total. The summed E-state index contributed by atoms with van der Waals surface area (Å²) < 4.78 is 0. The molecule has 1 amide bonds. The van der Waals surface area contributed by atoms with Crippen molar-refractivity contribution in [1.82, 2.24) is 5.32 Å². The first-order valence-corrected chi connectivity index (χ1v) is 8.73. The van der Waals surface area contributed by atoms with Crippen molar-refractivity contribution in [1.29, 1.82) is 0 Å². The van der Waals surface area contributed by atoms with Gasteiger partial charge >= 0.3 is 0 Å². The molecule has 0 radical (unpaired) electrons. The summed E-state index contributed by atoms with van der Waals surface area (Å²) in [5.41, 5.74) is 18.3. The minimum atomic E-state index is -0.124. The number of hydrogen-bond donors (Lipinski definition) is 4. The van der Waals surface area contributed by atoms with Crippen LogP contribution in [0.4, 0.5) is 0 Å². The molecule has 0 saturated heterocycles. The zero-order valence-electron chi connectivity index (χ0n) is 14.7. The SMILES string of the molecule is NCC#Cc1ccc(C(=O)NCCCCCCCN)c(C#CCN)c1. The summed E-state index contributed by atoms with van der Waals surface area (Å²) in [6.07, 6.45) is 5.41. The van der Waals surface area contributed by atoms with Gasteiger partial charge in [-0.1, -0.05) is 42.9 Å². The van der Waals surface area contributed by atoms with Crippen LogP contribution in [0.5, 0.6) is 0 Å². The molecule has 25 heavy (non-hydrogen) atoms. The first-order chi connectivity index (χ1) is 12.2. The summed E-state index contributed by atoms with van der Waals surface area (Å²) in [6, 6.07) is 5.35. The molecular weight excluding hydrogens is 312 g/mol. The highest BCUT2D eigenvalue weighted by molar-refractivity contribution is 5.96. The average molecular weight is 340 g/mol. The first-order valence-electron chi connectivity index (χ1n) is 8.73. The van der Waals surface area contributed by atoms with Gasteiger partial charge in [0.2, 0.25) is 0 Å². The Hall–Kier alpha value is -2.31. The highest BCUT2D eigenvalue weighted by Crippen LogP contribution is 2.11. The van der Waals surface area contributed by atoms with Crippen LogP contribution in [-0.4, -0.2) is 32.1 Å². The minimum Gasteiger partial charge on any atom is -0.352 e. The van der Waals surface area contributed by atoms with Gasteiger partial charge in [-0.25, -0.2) is 0 Å². The van der Waals surface area contributed by atoms with Gasteiger partial charge in [-0.3, -0.25) is 4.79 Å². The molecule has 0 bridgehead atoms. The Morgan fingerprint density at radius 1 is 0.920 bits per heavy atom. The van der Waals surface area contributed by atoms with Crippen molar-refractivity contribution in [2.75, 3.05) is 26.2 Å². The van der Waals surface area contributed by atoms with Crippen LogP contribution in [0.3, 0.4) is 0 Å². The lowest BCUT2D eigenvalue weighted by Gasteiger charge is -2.08. The van der Waals surface area contributed by atoms with Gasteiger partial charge in [-0.15, -0.1) is 0 Å². The third-order valence-corrected chi connectivity index (χ3v) is 3.59. The van der Waals surface area contributed by atoms with Crippen LogP contribution in [-0.2, 0) is 0 Å². The number of nitrogens with one attached hydrogen (secondary N) is 1. The number of amides is 1. The zero-order chi connectivity index (χ0) is 18.3. The number of nitrogens with two attached hydrogens (primary N) is 3. The predicted octanol–water partition coefficient (Wildman–Crippen LogP) is 0.946. The molecule has 1 aromatic carbocycles. The number of benzene rings is 1. The Morgan fingerprint density at radius 3 is 2.32 bits per heavy atom. The third-order valence-electron chi connectivity index (χ3n) is 3.59. The summed E-state index contributed by atoms with van der Waals surface area (Å²) in [5.74, 6) is 11.4. The van der Waals surface area contributed by atoms with Gasteiger partial charge in [0.1, 0.15) is 0 Å². The van der Waals surface area contributed by atoms with Crippen LogP contribution < -0.4 is 22.5 Å². The minimum absolute atomic E-state index is 0.124. The van der Waals surface area contributed by atoms with Crippen molar-refractivity contribution in [3.05, 3.63) is 34.9 Å². The van der Waals surface area contributed by atoms with E-state index >= 15 is 0 Å². The van der Waals surface area contributed by atoms with E-state index in [0.717, 1.165) is 44.2 Å². The van der Waals surface area contributed by atoms with E-state index in [9.17, 15) is 4.79 Å². The Balaban J connectivity index is 2.66. The van der Waals surface area contributed by atoms with E-state index in [4.69, 9.17) is 17.2 Å². The molecule has 7 N–H and O–H groups in total. The van der Waals surface area contributed by atoms with Gasteiger partial charge in [0.25, 0.3) is 5.91 Å². The van der Waals surface area contributed by atoms with E-state index in [1.54, 1.807) is 18.2 Å². The molecule has 0 saturated carbocycles. The van der Waals surface area contributed by atoms with Crippen molar-refractivity contribution >= 4 is 5.91 Å². The number of rotatable bonds is 8. The summed E-state index contributed by atoms with van der Waals surface area (Å²) in [4.78, 5) is 12.4. The highest BCUT2D eigenvalue weighted by Gasteiger charge is 2.10. The molecular formula is C20H28N4O. The fourth-order valence-electron chi connectivity index (χ4n) is 2.32. The average Bonchev–Trinajstić information content (AvgIpc) is 2.63. The molecule has 1 aromatic rings. The summed E-state index contributed by atoms with van der Waals surface area (Å²) in [7, 11) is 0. The largest absolute Gasteiger partial charge is 0.352 e. The van der Waals surface area contributed by atoms with Gasteiger partial charge in [0, 0.05) is 17.7 Å². The fourth-order valence-corrected chi connectivity index (χ4v) is 2.32. The first kappa shape index (κ1) is 20.7. The Kier molecular flexibility index (Phi) is 10.8. The number of carbonyl (C=O) groups is 1. The van der Waals surface area contributed by atoms with Crippen molar-refractivity contribution in [3.63, 3.8) is 0 Å². The Bertz CT molecular complexity index is 662. The van der Waals surface area contributed by atoms with Gasteiger partial charge in [0.05, 0.1) is 18.7 Å². The van der Waals surface area contributed by atoms with Crippen LogP contribution in [0.25, 0.3) is 0 Å². The van der Waals surface area contributed by atoms with Crippen LogP contribution in [0.2, 0.25) is 0 Å². The molecule has 0 spiro atoms. The molecule has 134 valence electrons. The number of hydrogen-bond acceptors (Lipinski definition) is 4. The normalized spacial score (nSPS) is 9.56. The summed E-state index contributed by atoms with van der Waals surface area (Å²) in [6.45, 7) is 1.93. The van der Waals surface area contributed by atoms with Crippen LogP contribution in [0.1, 0.15) is 53.6 Å². The Labute approximate surface area is 150 Å². The van der Waals surface area contributed by atoms with Gasteiger partial charge in [-0.2, -0.15) is 0 Å². The second-order valence-corrected chi connectivity index (χ2v) is 5.58. The van der Waals surface area contributed by atoms with Crippen LogP contribution in [0, 0.1) is 23.7 Å². The van der Waals surface area contributed by atoms with Crippen molar-refractivity contribution in [2.24, 2.45) is 17.2 Å². The molecule has 0 fully saturated rings. The van der Waals surface area contributed by atoms with E-state index in [-0.39, 0.29) is 19.0 Å². The maximum Gasteiger partial charge on any atom is 0.252 e. The molecule has 0 aromatic heterocycles. The standard InChI is InChI=1S/C20H28N4O/c21-12-4-2-1-3-5-15-24-20(25)19-11-10-17(8-6-13-22)16-18(19)9-7-14-23/h10-11,16H,1-5,12-15,21-23H2,(H,24,25). The monoisotopic (exact) mass is 340 g/mol. The number of unbranched alkanes of at least 4 members (excludes halogenated alkanes) is 4. The summed E-state index contributed by atoms with van der Waals surface area (Å²) in [5, 5.41) is 2.95. The van der Waals surface area contributed by atoms with E-state index < -0.39 is 0 Å². The topological polar surface area (TPSA) is 107 Å². The van der Waals surface area contributed by atoms with E-state index in [2.05, 4.69) is 29.0 Å². The van der Waals surface area contributed by atoms with E-state index in [1.807, 2.05) is 0 Å². The lowest BCUT2D eigenvalue weighted by Crippen LogP contribution is -2.25. The molecule has 0 atom stereocenters. The number of carbonyl (C=O) groups excluding carboxylic acids is 1. The van der Waals surface area contributed by atoms with Gasteiger partial charge < -0.3 is 22.5 Å². The maximum atomic E-state index is 12.4. The molecule has 0 aliphatic heterocycles. The lowest BCUT2D eigenvalue weighted by molar-refractivity contribution is 0.0952. The smallest absolute Gasteiger partial charge is 0.252 e. The molecule has 5 heteroatoms. The Morgan fingerprint density at radius 2 is 1.60 bits per heavy atom. The predicted molar refractivity (Wildman–Crippen MR) is 103 cm³/mol.